The predicted molar refractivity (Wildman–Crippen MR) is 54.7 cm³/mol. The van der Waals surface area contributed by atoms with E-state index in [-0.39, 0.29) is 57.1 Å². The van der Waals surface area contributed by atoms with Crippen LogP contribution in [0.3, 0.4) is 0 Å². The van der Waals surface area contributed by atoms with Crippen molar-refractivity contribution < 1.29 is 64.3 Å². The van der Waals surface area contributed by atoms with E-state index in [4.69, 9.17) is 0 Å². The largest absolute Gasteiger partial charge is 1.00 e. The molecule has 0 aliphatic rings. The Morgan fingerprint density at radius 3 is 2.31 bits per heavy atom. The van der Waals surface area contributed by atoms with Crippen molar-refractivity contribution in [2.75, 3.05) is 0 Å². The van der Waals surface area contributed by atoms with E-state index in [2.05, 4.69) is 20.9 Å². The molecule has 3 nitrogen and oxygen atoms in total. The Morgan fingerprint density at radius 1 is 1.38 bits per heavy atom. The molecule has 0 N–H and O–H groups in total. The van der Waals surface area contributed by atoms with E-state index >= 15 is 0 Å². The zero-order valence-corrected chi connectivity index (χ0v) is 13.8. The van der Waals surface area contributed by atoms with E-state index in [9.17, 15) is 17.7 Å². The van der Waals surface area contributed by atoms with Gasteiger partial charge in [0.25, 0.3) is 0 Å². The van der Waals surface area contributed by atoms with Gasteiger partial charge in [-0.1, -0.05) is 0 Å². The summed E-state index contributed by atoms with van der Waals surface area (Å²) < 4.78 is 37.6. The van der Waals surface area contributed by atoms with Crippen LogP contribution in [0.25, 0.3) is 0 Å². The van der Waals surface area contributed by atoms with Gasteiger partial charge in [-0.25, -0.2) is 4.79 Å². The standard InChI is InChI=1S/C7H8BBrF3N2O.K/c1-4-6(9)5(2)14(7(15)13-4)3-8(10,11)12;/h3H2,1-2H3;/q-1;+1. The fraction of sp³-hybridized carbons (Fsp3) is 0.429. The molecule has 0 fully saturated rings. The number of rotatable bonds is 2. The monoisotopic (exact) mass is 322 g/mol. The van der Waals surface area contributed by atoms with Crippen molar-refractivity contribution in [2.45, 2.75) is 20.3 Å². The molecule has 0 bridgehead atoms. The summed E-state index contributed by atoms with van der Waals surface area (Å²) in [5, 5.41) is 0. The Balaban J connectivity index is 0.00000225. The maximum Gasteiger partial charge on any atom is 1.00 e. The van der Waals surface area contributed by atoms with E-state index in [0.717, 1.165) is 0 Å². The third-order valence-corrected chi connectivity index (χ3v) is 3.07. The van der Waals surface area contributed by atoms with Crippen LogP contribution in [0.2, 0.25) is 0 Å². The first kappa shape index (κ1) is 16.9. The van der Waals surface area contributed by atoms with Gasteiger partial charge in [-0.15, -0.1) is 0 Å². The van der Waals surface area contributed by atoms with Crippen molar-refractivity contribution in [1.82, 2.24) is 9.55 Å². The predicted octanol–water partition coefficient (Wildman–Crippen LogP) is -0.987. The molecule has 1 rings (SSSR count). The Morgan fingerprint density at radius 2 is 1.88 bits per heavy atom. The second-order valence-electron chi connectivity index (χ2n) is 3.20. The number of aryl methyl sites for hydroxylation is 1. The summed E-state index contributed by atoms with van der Waals surface area (Å²) in [6.45, 7) is -2.04. The fourth-order valence-corrected chi connectivity index (χ4v) is 1.50. The molecule has 84 valence electrons. The maximum atomic E-state index is 12.2. The molecular weight excluding hydrogens is 315 g/mol. The van der Waals surface area contributed by atoms with Gasteiger partial charge < -0.3 is 17.5 Å². The van der Waals surface area contributed by atoms with Gasteiger partial charge in [-0.2, -0.15) is 4.98 Å². The van der Waals surface area contributed by atoms with Crippen LogP contribution in [0.15, 0.2) is 9.27 Å². The van der Waals surface area contributed by atoms with Crippen molar-refractivity contribution in [3.8, 4) is 0 Å². The van der Waals surface area contributed by atoms with Gasteiger partial charge in [0, 0.05) is 5.69 Å². The molecule has 1 aromatic heterocycles. The summed E-state index contributed by atoms with van der Waals surface area (Å²) in [6, 6.07) is 0. The first-order valence-corrected chi connectivity index (χ1v) is 4.96. The second kappa shape index (κ2) is 6.15. The molecule has 0 aliphatic carbocycles. The average molecular weight is 323 g/mol. The molecule has 1 aromatic rings. The smallest absolute Gasteiger partial charge is 0.448 e. The molecule has 0 unspecified atom stereocenters. The minimum Gasteiger partial charge on any atom is -0.448 e. The van der Waals surface area contributed by atoms with Crippen LogP contribution in [0.1, 0.15) is 11.4 Å². The first-order valence-electron chi connectivity index (χ1n) is 4.17. The van der Waals surface area contributed by atoms with Gasteiger partial charge in [-0.05, 0) is 36.2 Å². The summed E-state index contributed by atoms with van der Waals surface area (Å²) in [7, 11) is 0. The molecule has 1 heterocycles. The van der Waals surface area contributed by atoms with Crippen LogP contribution in [0.5, 0.6) is 0 Å². The van der Waals surface area contributed by atoms with Crippen LogP contribution in [-0.4, -0.2) is 16.5 Å². The van der Waals surface area contributed by atoms with Crippen LogP contribution in [0, 0.1) is 13.8 Å². The van der Waals surface area contributed by atoms with Gasteiger partial charge in [-0.3, -0.25) is 0 Å². The third kappa shape index (κ3) is 4.26. The summed E-state index contributed by atoms with van der Waals surface area (Å²) in [5.41, 5.74) is -0.234. The number of aromatic nitrogens is 2. The maximum absolute atomic E-state index is 12.2. The van der Waals surface area contributed by atoms with Gasteiger partial charge in [0.15, 0.2) is 0 Å². The Labute approximate surface area is 141 Å². The zero-order valence-electron chi connectivity index (χ0n) is 9.10. The van der Waals surface area contributed by atoms with Crippen LogP contribution in [-0.2, 0) is 6.44 Å². The van der Waals surface area contributed by atoms with Gasteiger partial charge in [0.05, 0.1) is 10.2 Å². The molecule has 9 heteroatoms. The fourth-order valence-electron chi connectivity index (χ4n) is 1.20. The van der Waals surface area contributed by atoms with Crippen LogP contribution < -0.4 is 57.1 Å². The SMILES string of the molecule is Cc1nc(=O)n(C[B-](F)(F)F)c(C)c1Br.[K+]. The Kier molecular flexibility index (Phi) is 6.47. The van der Waals surface area contributed by atoms with E-state index < -0.39 is 19.1 Å². The minimum atomic E-state index is -5.04. The topological polar surface area (TPSA) is 34.9 Å². The van der Waals surface area contributed by atoms with E-state index in [1.807, 2.05) is 0 Å². The molecule has 0 saturated heterocycles. The van der Waals surface area contributed by atoms with Crippen LogP contribution in [0.4, 0.5) is 12.9 Å². The van der Waals surface area contributed by atoms with E-state index in [1.165, 1.54) is 6.92 Å². The molecular formula is C7H8BBrF3KN2O. The number of nitrogens with zero attached hydrogens (tertiary/aromatic N) is 2. The Bertz CT molecular complexity index is 448. The molecule has 0 amide bonds. The summed E-state index contributed by atoms with van der Waals surface area (Å²) >= 11 is 3.09. The van der Waals surface area contributed by atoms with Gasteiger partial charge in [0.1, 0.15) is 0 Å². The Hall–Kier alpha value is 0.851. The van der Waals surface area contributed by atoms with Crippen molar-refractivity contribution in [3.05, 3.63) is 26.3 Å². The number of halogens is 4. The van der Waals surface area contributed by atoms with Crippen LogP contribution >= 0.6 is 15.9 Å². The van der Waals surface area contributed by atoms with Gasteiger partial charge in [0.2, 0.25) is 0 Å². The quantitative estimate of drug-likeness (QED) is 0.656. The van der Waals surface area contributed by atoms with Crippen molar-refractivity contribution in [3.63, 3.8) is 0 Å². The van der Waals surface area contributed by atoms with Gasteiger partial charge >= 0.3 is 64.1 Å². The second-order valence-corrected chi connectivity index (χ2v) is 3.99. The molecule has 0 aromatic carbocycles. The molecule has 0 atom stereocenters. The van der Waals surface area contributed by atoms with E-state index in [0.29, 0.717) is 14.7 Å². The molecule has 0 radical (unpaired) electrons. The normalized spacial score (nSPS) is 11.1. The zero-order chi connectivity index (χ0) is 11.8. The summed E-state index contributed by atoms with van der Waals surface area (Å²) in [6.07, 6.45) is -1.25. The van der Waals surface area contributed by atoms with Crippen molar-refractivity contribution in [1.29, 1.82) is 0 Å². The number of hydrogen-bond donors (Lipinski definition) is 0. The summed E-state index contributed by atoms with van der Waals surface area (Å²) in [5.74, 6) is 0. The van der Waals surface area contributed by atoms with E-state index in [1.54, 1.807) is 6.92 Å². The summed E-state index contributed by atoms with van der Waals surface area (Å²) in [4.78, 5) is 14.7. The molecule has 0 saturated carbocycles. The molecule has 0 spiro atoms. The number of hydrogen-bond acceptors (Lipinski definition) is 2. The average Bonchev–Trinajstić information content (AvgIpc) is 2.07. The first-order chi connectivity index (χ1) is 6.72. The minimum absolute atomic E-state index is 0. The molecule has 16 heavy (non-hydrogen) atoms. The van der Waals surface area contributed by atoms with Crippen molar-refractivity contribution >= 4 is 22.9 Å². The third-order valence-electron chi connectivity index (χ3n) is 1.92. The molecule has 0 aliphatic heterocycles. The van der Waals surface area contributed by atoms with Crippen molar-refractivity contribution in [2.24, 2.45) is 0 Å².